The monoisotopic (exact) mass is 255 g/mol. The van der Waals surface area contributed by atoms with Crippen molar-refractivity contribution in [1.82, 2.24) is 20.8 Å². The van der Waals surface area contributed by atoms with Gasteiger partial charge in [-0.05, 0) is 13.0 Å². The molecular formula is C10H17N5O3. The molecule has 8 nitrogen and oxygen atoms in total. The molecule has 100 valence electrons. The minimum atomic E-state index is -0.252. The van der Waals surface area contributed by atoms with E-state index in [0.717, 1.165) is 5.56 Å². The molecule has 0 aromatic carbocycles. The predicted molar refractivity (Wildman–Crippen MR) is 66.9 cm³/mol. The average Bonchev–Trinajstić information content (AvgIpc) is 2.32. The summed E-state index contributed by atoms with van der Waals surface area (Å²) in [6, 6.07) is 3.61. The lowest BCUT2D eigenvalue weighted by atomic mass is 10.3. The molecule has 1 aromatic heterocycles. The number of hydrazine groups is 1. The van der Waals surface area contributed by atoms with E-state index in [1.165, 1.54) is 5.01 Å². The maximum absolute atomic E-state index is 11.4. The number of aromatic nitrogens is 1. The minimum absolute atomic E-state index is 0. The molecule has 0 radical (unpaired) electrons. The zero-order valence-electron chi connectivity index (χ0n) is 9.92. The molecule has 2 amide bonds. The second-order valence-corrected chi connectivity index (χ2v) is 3.59. The van der Waals surface area contributed by atoms with Gasteiger partial charge < -0.3 is 11.0 Å². The number of nitrogens with zero attached hydrogens (tertiary/aromatic N) is 3. The maximum Gasteiger partial charge on any atom is 0.352 e. The fourth-order valence-corrected chi connectivity index (χ4v) is 1.33. The van der Waals surface area contributed by atoms with Gasteiger partial charge >= 0.3 is 6.03 Å². The molecule has 8 heteroatoms. The summed E-state index contributed by atoms with van der Waals surface area (Å²) in [5, 5.41) is 5.48. The lowest BCUT2D eigenvalue weighted by Crippen LogP contribution is -2.58. The Balaban J connectivity index is 0.00000144. The van der Waals surface area contributed by atoms with Crippen molar-refractivity contribution in [1.29, 1.82) is 0 Å². The van der Waals surface area contributed by atoms with E-state index >= 15 is 0 Å². The van der Waals surface area contributed by atoms with Crippen molar-refractivity contribution in [3.05, 3.63) is 30.1 Å². The van der Waals surface area contributed by atoms with Gasteiger partial charge in [0.1, 0.15) is 0 Å². The van der Waals surface area contributed by atoms with Crippen LogP contribution in [0.4, 0.5) is 4.79 Å². The third-order valence-electron chi connectivity index (χ3n) is 2.14. The Morgan fingerprint density at radius 1 is 1.56 bits per heavy atom. The maximum atomic E-state index is 11.4. The number of hydrogen-bond donors (Lipinski definition) is 2. The summed E-state index contributed by atoms with van der Waals surface area (Å²) in [7, 11) is 0. The molecule has 0 aliphatic carbocycles. The molecule has 0 saturated carbocycles. The summed E-state index contributed by atoms with van der Waals surface area (Å²) in [4.78, 5) is 15.3. The molecule has 6 N–H and O–H groups in total. The molecule has 2 heterocycles. The predicted octanol–water partition coefficient (Wildman–Crippen LogP) is -1.32. The zero-order valence-corrected chi connectivity index (χ0v) is 9.92. The average molecular weight is 255 g/mol. The highest BCUT2D eigenvalue weighted by Gasteiger charge is 2.20. The highest BCUT2D eigenvalue weighted by Crippen LogP contribution is 1.99. The van der Waals surface area contributed by atoms with Crippen LogP contribution in [0.3, 0.4) is 0 Å². The van der Waals surface area contributed by atoms with Gasteiger partial charge in [-0.3, -0.25) is 10.4 Å². The zero-order chi connectivity index (χ0) is 11.4. The normalized spacial score (nSPS) is 18.8. The second kappa shape index (κ2) is 7.33. The number of hydrazone groups is 1. The van der Waals surface area contributed by atoms with E-state index in [1.807, 2.05) is 19.1 Å². The van der Waals surface area contributed by atoms with Crippen molar-refractivity contribution >= 4 is 12.2 Å². The van der Waals surface area contributed by atoms with E-state index in [1.54, 1.807) is 18.6 Å². The molecule has 18 heavy (non-hydrogen) atoms. The van der Waals surface area contributed by atoms with Gasteiger partial charge in [0, 0.05) is 24.0 Å². The van der Waals surface area contributed by atoms with Gasteiger partial charge in [0.25, 0.3) is 0 Å². The Morgan fingerprint density at radius 2 is 2.33 bits per heavy atom. The summed E-state index contributed by atoms with van der Waals surface area (Å²) in [6.07, 6.45) is 4.99. The standard InChI is InChI=1S/C10H13N5O.2H2O/c1-8-7-15(10(16)14-13-8)12-6-9-3-2-4-11-5-9;;/h2-6,8,13H,7H2,1H3,(H,14,16);2*1H2. The van der Waals surface area contributed by atoms with Crippen LogP contribution in [0.1, 0.15) is 12.5 Å². The Morgan fingerprint density at radius 3 is 3.00 bits per heavy atom. The van der Waals surface area contributed by atoms with Crippen molar-refractivity contribution < 1.29 is 15.7 Å². The summed E-state index contributed by atoms with van der Waals surface area (Å²) in [5.41, 5.74) is 6.22. The highest BCUT2D eigenvalue weighted by atomic mass is 16.2. The van der Waals surface area contributed by atoms with Crippen molar-refractivity contribution in [3.8, 4) is 0 Å². The van der Waals surface area contributed by atoms with E-state index in [0.29, 0.717) is 6.54 Å². The highest BCUT2D eigenvalue weighted by molar-refractivity contribution is 5.81. The number of rotatable bonds is 2. The first-order valence-corrected chi connectivity index (χ1v) is 5.03. The lowest BCUT2D eigenvalue weighted by molar-refractivity contribution is 0.167. The fraction of sp³-hybridized carbons (Fsp3) is 0.300. The van der Waals surface area contributed by atoms with Crippen molar-refractivity contribution in [2.24, 2.45) is 5.10 Å². The SMILES string of the molecule is CC1CN(N=Cc2cccnc2)C(=O)NN1.O.O. The number of hydrogen-bond acceptors (Lipinski definition) is 4. The first-order valence-electron chi connectivity index (χ1n) is 5.03. The number of nitrogens with one attached hydrogen (secondary N) is 2. The van der Waals surface area contributed by atoms with Crippen LogP contribution in [0, 0.1) is 0 Å². The van der Waals surface area contributed by atoms with Gasteiger partial charge in [0.05, 0.1) is 12.8 Å². The van der Waals surface area contributed by atoms with E-state index in [9.17, 15) is 4.79 Å². The molecule has 0 spiro atoms. The first-order chi connectivity index (χ1) is 7.75. The molecule has 1 saturated heterocycles. The van der Waals surface area contributed by atoms with Gasteiger partial charge in [-0.2, -0.15) is 5.10 Å². The van der Waals surface area contributed by atoms with Gasteiger partial charge in [0.2, 0.25) is 0 Å². The Labute approximate surface area is 104 Å². The molecule has 1 fully saturated rings. The number of carbonyl (C=O) groups is 1. The number of carbonyl (C=O) groups excluding carboxylic acids is 1. The molecule has 1 unspecified atom stereocenters. The van der Waals surface area contributed by atoms with Crippen molar-refractivity contribution in [2.75, 3.05) is 6.54 Å². The van der Waals surface area contributed by atoms with Gasteiger partial charge in [-0.15, -0.1) is 0 Å². The van der Waals surface area contributed by atoms with E-state index in [2.05, 4.69) is 20.9 Å². The van der Waals surface area contributed by atoms with Crippen LogP contribution in [0.15, 0.2) is 29.6 Å². The lowest BCUT2D eigenvalue weighted by Gasteiger charge is -2.28. The van der Waals surface area contributed by atoms with Gasteiger partial charge in [-0.25, -0.2) is 15.2 Å². The largest absolute Gasteiger partial charge is 0.412 e. The Bertz CT molecular complexity index is 398. The second-order valence-electron chi connectivity index (χ2n) is 3.59. The topological polar surface area (TPSA) is 133 Å². The quantitative estimate of drug-likeness (QED) is 0.635. The minimum Gasteiger partial charge on any atom is -0.412 e. The fourth-order valence-electron chi connectivity index (χ4n) is 1.33. The molecule has 2 rings (SSSR count). The van der Waals surface area contributed by atoms with Crippen LogP contribution in [-0.4, -0.2) is 45.8 Å². The van der Waals surface area contributed by atoms with Gasteiger partial charge in [-0.1, -0.05) is 6.07 Å². The smallest absolute Gasteiger partial charge is 0.352 e. The van der Waals surface area contributed by atoms with Crippen molar-refractivity contribution in [2.45, 2.75) is 13.0 Å². The first kappa shape index (κ1) is 16.0. The van der Waals surface area contributed by atoms with Crippen LogP contribution in [0.2, 0.25) is 0 Å². The molecule has 1 aliphatic heterocycles. The van der Waals surface area contributed by atoms with Crippen molar-refractivity contribution in [3.63, 3.8) is 0 Å². The number of pyridine rings is 1. The summed E-state index contributed by atoms with van der Waals surface area (Å²) in [6.45, 7) is 2.51. The Kier molecular flexibility index (Phi) is 6.50. The van der Waals surface area contributed by atoms with Crippen LogP contribution in [0.25, 0.3) is 0 Å². The summed E-state index contributed by atoms with van der Waals surface area (Å²) < 4.78 is 0. The summed E-state index contributed by atoms with van der Waals surface area (Å²) >= 11 is 0. The van der Waals surface area contributed by atoms with Crippen LogP contribution in [0.5, 0.6) is 0 Å². The molecule has 1 aliphatic rings. The van der Waals surface area contributed by atoms with Gasteiger partial charge in [0.15, 0.2) is 0 Å². The Hall–Kier alpha value is -2.03. The molecule has 1 aromatic rings. The third kappa shape index (κ3) is 4.09. The molecular weight excluding hydrogens is 238 g/mol. The van der Waals surface area contributed by atoms with Crippen LogP contribution in [-0.2, 0) is 0 Å². The van der Waals surface area contributed by atoms with E-state index in [-0.39, 0.29) is 23.0 Å². The molecule has 1 atom stereocenters. The third-order valence-corrected chi connectivity index (χ3v) is 2.14. The van der Waals surface area contributed by atoms with Crippen LogP contribution >= 0.6 is 0 Å². The summed E-state index contributed by atoms with van der Waals surface area (Å²) in [5.74, 6) is 0. The van der Waals surface area contributed by atoms with E-state index < -0.39 is 0 Å². The number of amides is 2. The van der Waals surface area contributed by atoms with Crippen LogP contribution < -0.4 is 10.9 Å². The van der Waals surface area contributed by atoms with E-state index in [4.69, 9.17) is 0 Å². The number of urea groups is 1. The molecule has 0 bridgehead atoms.